The summed E-state index contributed by atoms with van der Waals surface area (Å²) in [7, 11) is 3.06. The number of methoxy groups -OCH3 is 1. The molecule has 2 N–H and O–H groups in total. The van der Waals surface area contributed by atoms with Crippen LogP contribution in [0, 0.1) is 22.7 Å². The van der Waals surface area contributed by atoms with E-state index in [1.165, 1.54) is 7.11 Å². The molecule has 0 spiro atoms. The second-order valence-corrected chi connectivity index (χ2v) is 7.78. The fraction of sp³-hybridized carbons (Fsp3) is 0.318. The Balaban J connectivity index is 2.61. The maximum atomic E-state index is 12.2. The molecule has 1 atom stereocenters. The normalized spacial score (nSPS) is 11.3. The van der Waals surface area contributed by atoms with Crippen molar-refractivity contribution in [3.63, 3.8) is 0 Å². The van der Waals surface area contributed by atoms with Gasteiger partial charge in [0, 0.05) is 14.2 Å². The first-order valence-electron chi connectivity index (χ1n) is 9.47. The molecular formula is C22H23N5O3S. The third kappa shape index (κ3) is 5.60. The number of benzene rings is 1. The van der Waals surface area contributed by atoms with Gasteiger partial charge in [-0.05, 0) is 17.5 Å². The van der Waals surface area contributed by atoms with Gasteiger partial charge in [-0.1, -0.05) is 49.0 Å². The van der Waals surface area contributed by atoms with Gasteiger partial charge < -0.3 is 15.4 Å². The molecule has 0 fully saturated rings. The highest BCUT2D eigenvalue weighted by atomic mass is 32.2. The minimum atomic E-state index is -0.772. The van der Waals surface area contributed by atoms with Gasteiger partial charge in [-0.2, -0.15) is 10.5 Å². The zero-order valence-corrected chi connectivity index (χ0v) is 18.4. The summed E-state index contributed by atoms with van der Waals surface area (Å²) in [6.45, 7) is 1.74. The number of nitrogens with two attached hydrogens (primary N) is 1. The van der Waals surface area contributed by atoms with E-state index in [-0.39, 0.29) is 40.9 Å². The van der Waals surface area contributed by atoms with E-state index < -0.39 is 11.2 Å². The van der Waals surface area contributed by atoms with Crippen LogP contribution in [0.15, 0.2) is 35.4 Å². The zero-order valence-electron chi connectivity index (χ0n) is 17.6. The van der Waals surface area contributed by atoms with Crippen LogP contribution < -0.4 is 10.6 Å². The zero-order chi connectivity index (χ0) is 23.0. The van der Waals surface area contributed by atoms with Crippen LogP contribution in [0.1, 0.15) is 34.4 Å². The van der Waals surface area contributed by atoms with Crippen LogP contribution in [0.2, 0.25) is 0 Å². The molecule has 0 bridgehead atoms. The van der Waals surface area contributed by atoms with Crippen molar-refractivity contribution in [2.24, 2.45) is 5.73 Å². The van der Waals surface area contributed by atoms with Crippen LogP contribution in [0.4, 0.5) is 5.82 Å². The van der Waals surface area contributed by atoms with Crippen molar-refractivity contribution in [2.75, 3.05) is 32.2 Å². The van der Waals surface area contributed by atoms with Crippen LogP contribution >= 0.6 is 11.8 Å². The number of pyridine rings is 1. The van der Waals surface area contributed by atoms with Crippen molar-refractivity contribution in [1.29, 1.82) is 10.5 Å². The molecule has 0 aliphatic carbocycles. The quantitative estimate of drug-likeness (QED) is 0.560. The minimum absolute atomic E-state index is 0.0212. The summed E-state index contributed by atoms with van der Waals surface area (Å²) in [5.74, 6) is -0.498. The van der Waals surface area contributed by atoms with Gasteiger partial charge in [0.2, 0.25) is 5.91 Å². The third-order valence-corrected chi connectivity index (χ3v) is 5.76. The molecule has 31 heavy (non-hydrogen) atoms. The van der Waals surface area contributed by atoms with E-state index >= 15 is 0 Å². The predicted molar refractivity (Wildman–Crippen MR) is 117 cm³/mol. The van der Waals surface area contributed by atoms with Crippen LogP contribution in [0.25, 0.3) is 0 Å². The van der Waals surface area contributed by atoms with Crippen molar-refractivity contribution in [3.8, 4) is 12.1 Å². The van der Waals surface area contributed by atoms with Crippen LogP contribution in [0.5, 0.6) is 0 Å². The average molecular weight is 438 g/mol. The third-order valence-electron chi connectivity index (χ3n) is 4.50. The number of primary amides is 1. The molecule has 0 aliphatic heterocycles. The fourth-order valence-electron chi connectivity index (χ4n) is 3.12. The molecule has 9 heteroatoms. The van der Waals surface area contributed by atoms with E-state index in [2.05, 4.69) is 17.1 Å². The Bertz CT molecular complexity index is 1040. The van der Waals surface area contributed by atoms with E-state index in [4.69, 9.17) is 10.5 Å². The Morgan fingerprint density at radius 2 is 1.87 bits per heavy atom. The van der Waals surface area contributed by atoms with Gasteiger partial charge in [0.25, 0.3) is 0 Å². The first-order chi connectivity index (χ1) is 14.9. The lowest BCUT2D eigenvalue weighted by Gasteiger charge is -2.23. The largest absolute Gasteiger partial charge is 0.377 e. The molecule has 0 saturated heterocycles. The Kier molecular flexibility index (Phi) is 8.56. The lowest BCUT2D eigenvalue weighted by molar-refractivity contribution is -0.121. The summed E-state index contributed by atoms with van der Waals surface area (Å²) in [6, 6.07) is 13.2. The lowest BCUT2D eigenvalue weighted by atomic mass is 10.0. The molecule has 0 aliphatic rings. The maximum absolute atomic E-state index is 12.2. The number of hydrogen-bond acceptors (Lipinski definition) is 8. The number of amides is 1. The lowest BCUT2D eigenvalue weighted by Crippen LogP contribution is -2.30. The Hall–Kier alpha value is -3.40. The van der Waals surface area contributed by atoms with E-state index in [9.17, 15) is 20.1 Å². The number of likely N-dealkylation sites (N-methyl/N-ethyl adjacent to an activating group) is 1. The molecule has 1 unspecified atom stereocenters. The van der Waals surface area contributed by atoms with Crippen molar-refractivity contribution < 1.29 is 14.3 Å². The topological polar surface area (TPSA) is 133 Å². The van der Waals surface area contributed by atoms with Gasteiger partial charge in [-0.25, -0.2) is 4.98 Å². The molecule has 0 saturated carbocycles. The second-order valence-electron chi connectivity index (χ2n) is 6.68. The number of carbonyl (C=O) groups excluding carboxylic acids is 2. The Morgan fingerprint density at radius 3 is 2.39 bits per heavy atom. The molecule has 1 amide bonds. The summed E-state index contributed by atoms with van der Waals surface area (Å²) >= 11 is 1.06. The number of ketones is 1. The molecule has 2 rings (SSSR count). The molecule has 1 heterocycles. The molecule has 8 nitrogen and oxygen atoms in total. The van der Waals surface area contributed by atoms with Crippen molar-refractivity contribution in [2.45, 2.75) is 23.6 Å². The smallest absolute Gasteiger partial charge is 0.235 e. The molecule has 160 valence electrons. The van der Waals surface area contributed by atoms with Crippen molar-refractivity contribution >= 4 is 29.3 Å². The maximum Gasteiger partial charge on any atom is 0.235 e. The standard InChI is InChI=1S/C22H23N5O3S/c1-4-16-17(10-23)21(27(2)12-15(28)13-30-3)26-22(18(16)11-24)31-19(20(25)29)14-8-6-5-7-9-14/h5-9,19H,4,12-13H2,1-3H3,(H2,25,29). The first kappa shape index (κ1) is 23.9. The number of carbonyl (C=O) groups is 2. The number of nitriles is 2. The average Bonchev–Trinajstić information content (AvgIpc) is 2.76. The van der Waals surface area contributed by atoms with Gasteiger partial charge in [-0.3, -0.25) is 9.59 Å². The number of rotatable bonds is 10. The van der Waals surface area contributed by atoms with Gasteiger partial charge in [-0.15, -0.1) is 0 Å². The monoisotopic (exact) mass is 437 g/mol. The number of nitrogens with zero attached hydrogens (tertiary/aromatic N) is 4. The molecular weight excluding hydrogens is 414 g/mol. The van der Waals surface area contributed by atoms with Gasteiger partial charge in [0.05, 0.1) is 17.7 Å². The van der Waals surface area contributed by atoms with E-state index in [0.717, 1.165) is 11.8 Å². The molecule has 1 aromatic carbocycles. The SMILES string of the molecule is CCc1c(C#N)c(SC(C(N)=O)c2ccccc2)nc(N(C)CC(=O)COC)c1C#N. The van der Waals surface area contributed by atoms with Crippen LogP contribution in [0.3, 0.4) is 0 Å². The fourth-order valence-corrected chi connectivity index (χ4v) is 4.18. The molecule has 1 aromatic heterocycles. The summed E-state index contributed by atoms with van der Waals surface area (Å²) < 4.78 is 4.87. The highest BCUT2D eigenvalue weighted by Gasteiger charge is 2.27. The molecule has 0 radical (unpaired) electrons. The number of aromatic nitrogens is 1. The number of anilines is 1. The van der Waals surface area contributed by atoms with Crippen molar-refractivity contribution in [1.82, 2.24) is 4.98 Å². The number of Topliss-reactive ketones (excluding diaryl/α,β-unsaturated/α-hetero) is 1. The van der Waals surface area contributed by atoms with Crippen LogP contribution in [-0.4, -0.2) is 44.0 Å². The number of thioether (sulfide) groups is 1. The summed E-state index contributed by atoms with van der Waals surface area (Å²) in [5, 5.41) is 19.1. The number of ether oxygens (including phenoxy) is 1. The predicted octanol–water partition coefficient (Wildman–Crippen LogP) is 2.36. The number of hydrogen-bond donors (Lipinski definition) is 1. The minimum Gasteiger partial charge on any atom is -0.377 e. The highest BCUT2D eigenvalue weighted by Crippen LogP contribution is 2.39. The Labute approximate surface area is 185 Å². The van der Waals surface area contributed by atoms with E-state index in [1.807, 2.05) is 13.0 Å². The van der Waals surface area contributed by atoms with E-state index in [0.29, 0.717) is 17.5 Å². The summed E-state index contributed by atoms with van der Waals surface area (Å²) in [4.78, 5) is 30.3. The van der Waals surface area contributed by atoms with Gasteiger partial charge in [0.15, 0.2) is 5.78 Å². The summed E-state index contributed by atoms with van der Waals surface area (Å²) in [5.41, 5.74) is 7.29. The summed E-state index contributed by atoms with van der Waals surface area (Å²) in [6.07, 6.45) is 0.404. The highest BCUT2D eigenvalue weighted by molar-refractivity contribution is 8.00. The first-order valence-corrected chi connectivity index (χ1v) is 10.4. The Morgan fingerprint density at radius 1 is 1.23 bits per heavy atom. The van der Waals surface area contributed by atoms with Gasteiger partial charge >= 0.3 is 0 Å². The second kappa shape index (κ2) is 11.1. The van der Waals surface area contributed by atoms with Gasteiger partial charge in [0.1, 0.15) is 34.8 Å². The van der Waals surface area contributed by atoms with Crippen molar-refractivity contribution in [3.05, 3.63) is 52.6 Å². The van der Waals surface area contributed by atoms with Crippen LogP contribution in [-0.2, 0) is 20.7 Å². The van der Waals surface area contributed by atoms with E-state index in [1.54, 1.807) is 36.2 Å². The molecule has 2 aromatic rings.